The standard InChI is InChI=1S/C27H35Si.3ClH.Ti/c1-9-23-15-24(10-2)17-26(16-23)28(8,25-13-11-12-19(3)14-25)27(7)18-20(4)21(5)22(27)6;;;;/h11-17H,9-10H2,1-8H3;3*1H;/q;;;;+3/p-3. The number of rotatable bonds is 5. The molecule has 2 aromatic rings. The van der Waals surface area contributed by atoms with Gasteiger partial charge in [0.1, 0.15) is 0 Å². The first-order chi connectivity index (χ1) is 13.6. The molecule has 0 aliphatic heterocycles. The molecule has 2 unspecified atom stereocenters. The van der Waals surface area contributed by atoms with E-state index in [-0.39, 0.29) is 42.3 Å². The van der Waals surface area contributed by atoms with Crippen LogP contribution in [-0.2, 0) is 33.3 Å². The maximum atomic E-state index is 2.62. The average molecular weight is 542 g/mol. The van der Waals surface area contributed by atoms with Gasteiger partial charge in [-0.1, -0.05) is 0 Å². The van der Waals surface area contributed by atoms with E-state index in [1.165, 1.54) is 27.8 Å². The van der Waals surface area contributed by atoms with Crippen molar-refractivity contribution < 1.29 is 57.7 Å². The van der Waals surface area contributed by atoms with Gasteiger partial charge >= 0.3 is 192 Å². The molecule has 0 saturated carbocycles. The zero-order chi connectivity index (χ0) is 21.6. The zero-order valence-corrected chi connectivity index (χ0v) is 25.4. The Morgan fingerprint density at radius 3 is 1.72 bits per heavy atom. The molecule has 2 atom stereocenters. The molecule has 0 bridgehead atoms. The first-order valence-corrected chi connectivity index (χ1v) is 14.2. The molecule has 2 aromatic carbocycles. The summed E-state index contributed by atoms with van der Waals surface area (Å²) in [5.74, 6) is 0. The molecule has 32 heavy (non-hydrogen) atoms. The summed E-state index contributed by atoms with van der Waals surface area (Å²) >= 11 is 2.39. The van der Waals surface area contributed by atoms with Crippen molar-refractivity contribution in [3.05, 3.63) is 79.8 Å². The molecule has 0 fully saturated rings. The molecule has 0 radical (unpaired) electrons. The molecule has 172 valence electrons. The fourth-order valence-electron chi connectivity index (χ4n) is 5.19. The molecule has 5 heteroatoms. The number of hydrogen-bond donors (Lipinski definition) is 0. The van der Waals surface area contributed by atoms with Gasteiger partial charge in [0.25, 0.3) is 0 Å². The Kier molecular flexibility index (Phi) is 11.8. The predicted molar refractivity (Wildman–Crippen MR) is 127 cm³/mol. The number of benzene rings is 2. The average Bonchev–Trinajstić information content (AvgIpc) is 2.88. The van der Waals surface area contributed by atoms with Crippen molar-refractivity contribution in [1.29, 1.82) is 0 Å². The van der Waals surface area contributed by atoms with Gasteiger partial charge in [0.15, 0.2) is 0 Å². The molecule has 0 heterocycles. The van der Waals surface area contributed by atoms with Crippen LogP contribution in [0.1, 0.15) is 58.2 Å². The Hall–Kier alpha value is -0.279. The molecule has 0 N–H and O–H groups in total. The summed E-state index contributed by atoms with van der Waals surface area (Å²) in [6.07, 6.45) is 2.19. The third kappa shape index (κ3) is 4.90. The van der Waals surface area contributed by atoms with Crippen LogP contribution in [0.3, 0.4) is 0 Å². The van der Waals surface area contributed by atoms with Gasteiger partial charge in [0.05, 0.1) is 0 Å². The van der Waals surface area contributed by atoms with Crippen LogP contribution in [-0.4, -0.2) is 8.07 Å². The molecule has 1 aliphatic rings. The largest absolute Gasteiger partial charge is 1.00 e. The van der Waals surface area contributed by atoms with Gasteiger partial charge in [-0.25, -0.2) is 0 Å². The van der Waals surface area contributed by atoms with Crippen LogP contribution < -0.4 is 47.6 Å². The second-order valence-electron chi connectivity index (χ2n) is 9.11. The van der Waals surface area contributed by atoms with Crippen LogP contribution in [0.15, 0.2) is 63.1 Å². The van der Waals surface area contributed by atoms with E-state index in [9.17, 15) is 0 Å². The van der Waals surface area contributed by atoms with E-state index in [1.54, 1.807) is 19.8 Å². The fourth-order valence-corrected chi connectivity index (χ4v) is 12.0. The van der Waals surface area contributed by atoms with E-state index < -0.39 is 8.07 Å². The van der Waals surface area contributed by atoms with E-state index >= 15 is 0 Å². The predicted octanol–water partition coefficient (Wildman–Crippen LogP) is -2.74. The summed E-state index contributed by atoms with van der Waals surface area (Å²) in [5, 5.41) is 3.23. The summed E-state index contributed by atoms with van der Waals surface area (Å²) in [6, 6.07) is 16.8. The Labute approximate surface area is 227 Å². The van der Waals surface area contributed by atoms with Crippen molar-refractivity contribution in [2.45, 2.75) is 72.9 Å². The maximum absolute atomic E-state index is 2.62. The van der Waals surface area contributed by atoms with E-state index in [1.807, 2.05) is 0 Å². The van der Waals surface area contributed by atoms with Crippen LogP contribution >= 0.6 is 0 Å². The molecular weight excluding hydrogens is 507 g/mol. The van der Waals surface area contributed by atoms with Crippen molar-refractivity contribution in [3.63, 3.8) is 0 Å². The summed E-state index contributed by atoms with van der Waals surface area (Å²) < 4.78 is 1.57. The smallest absolute Gasteiger partial charge is 1.00 e. The Balaban J connectivity index is 0.00000320. The summed E-state index contributed by atoms with van der Waals surface area (Å²) in [5.41, 5.74) is 8.88. The van der Waals surface area contributed by atoms with Gasteiger partial charge < -0.3 is 37.2 Å². The normalized spacial score (nSPS) is 19.7. The Morgan fingerprint density at radius 1 is 0.781 bits per heavy atom. The van der Waals surface area contributed by atoms with E-state index in [0.29, 0.717) is 0 Å². The van der Waals surface area contributed by atoms with Crippen LogP contribution in [0, 0.1) is 6.92 Å². The minimum absolute atomic E-state index is 0. The number of aryl methyl sites for hydroxylation is 3. The van der Waals surface area contributed by atoms with Crippen LogP contribution in [0.4, 0.5) is 0 Å². The van der Waals surface area contributed by atoms with Crippen LogP contribution in [0.25, 0.3) is 0 Å². The fraction of sp³-hybridized carbons (Fsp3) is 0.407. The van der Waals surface area contributed by atoms with Crippen molar-refractivity contribution in [3.8, 4) is 0 Å². The second kappa shape index (κ2) is 11.9. The molecule has 0 saturated heterocycles. The zero-order valence-electron chi connectivity index (χ0n) is 20.6. The molecule has 3 rings (SSSR count). The van der Waals surface area contributed by atoms with Gasteiger partial charge in [-0.05, 0) is 0 Å². The second-order valence-corrected chi connectivity index (χ2v) is 14.3. The van der Waals surface area contributed by atoms with E-state index in [0.717, 1.165) is 12.8 Å². The summed E-state index contributed by atoms with van der Waals surface area (Å²) in [6.45, 7) is 19.0. The molecular formula is C27H35Cl3SiTi. The van der Waals surface area contributed by atoms with Crippen molar-refractivity contribution in [2.75, 3.05) is 0 Å². The van der Waals surface area contributed by atoms with Crippen LogP contribution in [0.2, 0.25) is 11.6 Å². The van der Waals surface area contributed by atoms with E-state index in [2.05, 4.69) is 118 Å². The maximum Gasteiger partial charge on any atom is -1.00 e. The minimum Gasteiger partial charge on any atom is -1.00 e. The number of halogens is 3. The molecule has 0 amide bonds. The minimum atomic E-state index is -2.15. The molecule has 0 aromatic heterocycles. The molecule has 0 spiro atoms. The third-order valence-electron chi connectivity index (χ3n) is 7.79. The van der Waals surface area contributed by atoms with Gasteiger partial charge in [-0.3, -0.25) is 0 Å². The quantitative estimate of drug-likeness (QED) is 0.361. The van der Waals surface area contributed by atoms with Gasteiger partial charge in [0.2, 0.25) is 0 Å². The topological polar surface area (TPSA) is 0 Å². The van der Waals surface area contributed by atoms with Gasteiger partial charge in [-0.2, -0.15) is 0 Å². The third-order valence-corrected chi connectivity index (χ3v) is 15.1. The first kappa shape index (κ1) is 31.7. The Morgan fingerprint density at radius 2 is 1.31 bits per heavy atom. The van der Waals surface area contributed by atoms with E-state index in [4.69, 9.17) is 0 Å². The monoisotopic (exact) mass is 540 g/mol. The van der Waals surface area contributed by atoms with Crippen molar-refractivity contribution >= 4 is 18.4 Å². The van der Waals surface area contributed by atoms with Crippen molar-refractivity contribution in [2.24, 2.45) is 0 Å². The summed E-state index contributed by atoms with van der Waals surface area (Å²) in [7, 11) is -2.15. The van der Waals surface area contributed by atoms with Gasteiger partial charge in [0, 0.05) is 0 Å². The molecule has 1 aliphatic carbocycles. The number of allylic oxidation sites excluding steroid dienone is 4. The van der Waals surface area contributed by atoms with Crippen LogP contribution in [0.5, 0.6) is 0 Å². The Bertz CT molecular complexity index is 979. The summed E-state index contributed by atoms with van der Waals surface area (Å²) in [4.78, 5) is 0. The molecule has 0 nitrogen and oxygen atoms in total. The van der Waals surface area contributed by atoms with Crippen molar-refractivity contribution in [1.82, 2.24) is 0 Å². The first-order valence-electron chi connectivity index (χ1n) is 10.9. The number of hydrogen-bond acceptors (Lipinski definition) is 0. The van der Waals surface area contributed by atoms with Gasteiger partial charge in [-0.15, -0.1) is 0 Å². The SMILES string of the molecule is CCc1cc(CC)cc([Si](C)(c2cccc(C)c2)C2(C)C(C)=C(C)C(C)=[C]2[Ti+3])c1.[Cl-].[Cl-].[Cl-].